The lowest BCUT2D eigenvalue weighted by Gasteiger charge is -2.17. The van der Waals surface area contributed by atoms with Crippen molar-refractivity contribution in [2.75, 3.05) is 10.6 Å². The van der Waals surface area contributed by atoms with E-state index in [1.165, 1.54) is 0 Å². The highest BCUT2D eigenvalue weighted by molar-refractivity contribution is 6.32. The Hall–Kier alpha value is -2.58. The molecule has 0 unspecified atom stereocenters. The molecule has 3 N–H and O–H groups in total. The van der Waals surface area contributed by atoms with Crippen LogP contribution in [-0.4, -0.2) is 35.9 Å². The van der Waals surface area contributed by atoms with Crippen LogP contribution in [-0.2, 0) is 13.6 Å². The summed E-state index contributed by atoms with van der Waals surface area (Å²) < 4.78 is 3.28. The Morgan fingerprint density at radius 1 is 1.28 bits per heavy atom. The molecule has 0 saturated heterocycles. The van der Waals surface area contributed by atoms with Gasteiger partial charge in [0.2, 0.25) is 5.95 Å². The van der Waals surface area contributed by atoms with Gasteiger partial charge in [-0.25, -0.2) is 9.78 Å². The number of aromatic nitrogens is 4. The third-order valence-corrected chi connectivity index (χ3v) is 4.79. The Morgan fingerprint density at radius 2 is 2.00 bits per heavy atom. The highest BCUT2D eigenvalue weighted by atomic mass is 35.5. The molecule has 9 heteroatoms. The Balaban J connectivity index is 1.96. The van der Waals surface area contributed by atoms with Crippen LogP contribution >= 0.6 is 11.6 Å². The molecular formula is C20H27ClN6O2. The minimum absolute atomic E-state index is 0.120. The van der Waals surface area contributed by atoms with Gasteiger partial charge in [0.05, 0.1) is 22.8 Å². The molecule has 3 rings (SSSR count). The van der Waals surface area contributed by atoms with Crippen LogP contribution in [0.25, 0.3) is 11.0 Å². The Kier molecular flexibility index (Phi) is 5.86. The molecule has 156 valence electrons. The molecule has 0 radical (unpaired) electrons. The van der Waals surface area contributed by atoms with E-state index in [0.717, 1.165) is 16.7 Å². The van der Waals surface area contributed by atoms with Gasteiger partial charge in [-0.3, -0.25) is 9.13 Å². The van der Waals surface area contributed by atoms with Crippen LogP contribution in [0, 0.1) is 0 Å². The SMILES string of the molecule is CC(C)Nc1ncc(Cl)c(Nc2ccc3c(c2)n(CCC(C)(C)O)c(=O)n3C)n1. The van der Waals surface area contributed by atoms with Gasteiger partial charge in [0.25, 0.3) is 0 Å². The molecule has 0 spiro atoms. The van der Waals surface area contributed by atoms with E-state index in [1.807, 2.05) is 32.0 Å². The highest BCUT2D eigenvalue weighted by Gasteiger charge is 2.17. The molecule has 3 aromatic rings. The number of hydrogen-bond acceptors (Lipinski definition) is 6. The lowest BCUT2D eigenvalue weighted by atomic mass is 10.1. The van der Waals surface area contributed by atoms with Gasteiger partial charge >= 0.3 is 5.69 Å². The van der Waals surface area contributed by atoms with Gasteiger partial charge in [-0.1, -0.05) is 11.6 Å². The van der Waals surface area contributed by atoms with Crippen LogP contribution in [0.15, 0.2) is 29.2 Å². The summed E-state index contributed by atoms with van der Waals surface area (Å²) in [5.74, 6) is 0.959. The smallest absolute Gasteiger partial charge is 0.328 e. The van der Waals surface area contributed by atoms with Crippen LogP contribution in [0.5, 0.6) is 0 Å². The van der Waals surface area contributed by atoms with Gasteiger partial charge in [-0.2, -0.15) is 4.98 Å². The van der Waals surface area contributed by atoms with E-state index >= 15 is 0 Å². The van der Waals surface area contributed by atoms with Crippen LogP contribution in [0.3, 0.4) is 0 Å². The zero-order valence-electron chi connectivity index (χ0n) is 17.3. The second-order valence-electron chi connectivity index (χ2n) is 8.07. The molecular weight excluding hydrogens is 392 g/mol. The topological polar surface area (TPSA) is 97.0 Å². The monoisotopic (exact) mass is 418 g/mol. The molecule has 1 aromatic carbocycles. The molecule has 2 heterocycles. The van der Waals surface area contributed by atoms with Gasteiger partial charge in [0.15, 0.2) is 5.82 Å². The maximum atomic E-state index is 12.7. The van der Waals surface area contributed by atoms with Gasteiger partial charge in [-0.05, 0) is 52.3 Å². The van der Waals surface area contributed by atoms with Crippen molar-refractivity contribution in [1.29, 1.82) is 0 Å². The van der Waals surface area contributed by atoms with Crippen LogP contribution in [0.1, 0.15) is 34.1 Å². The van der Waals surface area contributed by atoms with E-state index in [1.54, 1.807) is 36.2 Å². The molecule has 0 fully saturated rings. The molecule has 0 amide bonds. The van der Waals surface area contributed by atoms with Crippen molar-refractivity contribution in [3.63, 3.8) is 0 Å². The number of rotatable bonds is 7. The van der Waals surface area contributed by atoms with Crippen LogP contribution < -0.4 is 16.3 Å². The first-order valence-corrected chi connectivity index (χ1v) is 9.91. The van der Waals surface area contributed by atoms with E-state index in [9.17, 15) is 9.90 Å². The minimum atomic E-state index is -0.855. The van der Waals surface area contributed by atoms with Crippen molar-refractivity contribution in [3.05, 3.63) is 39.9 Å². The molecule has 0 saturated carbocycles. The number of aryl methyl sites for hydroxylation is 2. The standard InChI is InChI=1S/C20H27ClN6O2/c1-12(2)23-18-22-11-14(21)17(25-18)24-13-6-7-15-16(10-13)27(19(28)26(15)5)9-8-20(3,4)29/h6-7,10-12,29H,8-9H2,1-5H3,(H2,22,23,24,25). The quantitative estimate of drug-likeness (QED) is 0.543. The maximum absolute atomic E-state index is 12.7. The maximum Gasteiger partial charge on any atom is 0.328 e. The number of aliphatic hydroxyl groups is 1. The van der Waals surface area contributed by atoms with E-state index in [-0.39, 0.29) is 11.7 Å². The fraction of sp³-hybridized carbons (Fsp3) is 0.450. The summed E-state index contributed by atoms with van der Waals surface area (Å²) in [6, 6.07) is 5.82. The van der Waals surface area contributed by atoms with Crippen molar-refractivity contribution < 1.29 is 5.11 Å². The summed E-state index contributed by atoms with van der Waals surface area (Å²) in [4.78, 5) is 21.3. The molecule has 0 aliphatic heterocycles. The van der Waals surface area contributed by atoms with Crippen LogP contribution in [0.4, 0.5) is 17.5 Å². The average Bonchev–Trinajstić information content (AvgIpc) is 2.85. The first-order chi connectivity index (χ1) is 13.5. The van der Waals surface area contributed by atoms with Crippen molar-refractivity contribution in [2.24, 2.45) is 7.05 Å². The highest BCUT2D eigenvalue weighted by Crippen LogP contribution is 2.26. The molecule has 0 atom stereocenters. The zero-order chi connectivity index (χ0) is 21.3. The van der Waals surface area contributed by atoms with E-state index in [0.29, 0.717) is 29.8 Å². The average molecular weight is 419 g/mol. The van der Waals surface area contributed by atoms with Gasteiger partial charge in [0, 0.05) is 25.3 Å². The Labute approximate surface area is 174 Å². The Bertz CT molecular complexity index is 1080. The number of halogens is 1. The normalized spacial score (nSPS) is 12.0. The number of nitrogens with zero attached hydrogens (tertiary/aromatic N) is 4. The molecule has 2 aromatic heterocycles. The first-order valence-electron chi connectivity index (χ1n) is 9.53. The predicted octanol–water partition coefficient (Wildman–Crippen LogP) is 3.51. The second kappa shape index (κ2) is 8.04. The van der Waals surface area contributed by atoms with E-state index in [4.69, 9.17) is 11.6 Å². The summed E-state index contributed by atoms with van der Waals surface area (Å²) >= 11 is 6.26. The summed E-state index contributed by atoms with van der Waals surface area (Å²) in [5, 5.41) is 16.8. The first kappa shape index (κ1) is 21.1. The number of anilines is 3. The zero-order valence-corrected chi connectivity index (χ0v) is 18.1. The number of nitrogens with one attached hydrogen (secondary N) is 2. The largest absolute Gasteiger partial charge is 0.390 e. The predicted molar refractivity (Wildman–Crippen MR) is 117 cm³/mol. The molecule has 8 nitrogen and oxygen atoms in total. The summed E-state index contributed by atoms with van der Waals surface area (Å²) in [5.41, 5.74) is 1.36. The van der Waals surface area contributed by atoms with E-state index in [2.05, 4.69) is 20.6 Å². The van der Waals surface area contributed by atoms with Crippen molar-refractivity contribution in [2.45, 2.75) is 52.3 Å². The number of hydrogen-bond donors (Lipinski definition) is 3. The molecule has 0 aliphatic carbocycles. The summed E-state index contributed by atoms with van der Waals surface area (Å²) in [6.07, 6.45) is 2.01. The Morgan fingerprint density at radius 3 is 2.66 bits per heavy atom. The number of benzene rings is 1. The number of fused-ring (bicyclic) bond motifs is 1. The molecule has 0 bridgehead atoms. The third kappa shape index (κ3) is 4.89. The van der Waals surface area contributed by atoms with Gasteiger partial charge < -0.3 is 15.7 Å². The van der Waals surface area contributed by atoms with Crippen molar-refractivity contribution in [3.8, 4) is 0 Å². The van der Waals surface area contributed by atoms with E-state index < -0.39 is 5.60 Å². The second-order valence-corrected chi connectivity index (χ2v) is 8.48. The van der Waals surface area contributed by atoms with Crippen LogP contribution in [0.2, 0.25) is 5.02 Å². The third-order valence-electron chi connectivity index (χ3n) is 4.52. The minimum Gasteiger partial charge on any atom is -0.390 e. The lowest BCUT2D eigenvalue weighted by molar-refractivity contribution is 0.0662. The van der Waals surface area contributed by atoms with Gasteiger partial charge in [-0.15, -0.1) is 0 Å². The molecule has 0 aliphatic rings. The fourth-order valence-corrected chi connectivity index (χ4v) is 3.15. The fourth-order valence-electron chi connectivity index (χ4n) is 3.01. The van der Waals surface area contributed by atoms with Gasteiger partial charge in [0.1, 0.15) is 5.02 Å². The summed E-state index contributed by atoms with van der Waals surface area (Å²) in [7, 11) is 1.74. The van der Waals surface area contributed by atoms with Crippen molar-refractivity contribution >= 4 is 40.1 Å². The number of imidazole rings is 1. The lowest BCUT2D eigenvalue weighted by Crippen LogP contribution is -2.27. The summed E-state index contributed by atoms with van der Waals surface area (Å²) in [6.45, 7) is 7.88. The molecule has 29 heavy (non-hydrogen) atoms. The van der Waals surface area contributed by atoms with Crippen molar-refractivity contribution in [1.82, 2.24) is 19.1 Å².